The third kappa shape index (κ3) is 6.70. The summed E-state index contributed by atoms with van der Waals surface area (Å²) in [6, 6.07) is 15.0. The number of halogens is 3. The number of nitrogens with one attached hydrogen (secondary N) is 1. The maximum Gasteiger partial charge on any atom is 0.432 e. The molecule has 3 rings (SSSR count). The SMILES string of the molecule is C/C(=C/C(=N[C@H]1CCCC[C@@H]1OCc1ccccc1)C(F)(F)F)Nc1c(C)cccc1C. The van der Waals surface area contributed by atoms with E-state index >= 15 is 0 Å². The van der Waals surface area contributed by atoms with Crippen molar-refractivity contribution in [2.24, 2.45) is 4.99 Å². The number of hydrogen-bond acceptors (Lipinski definition) is 3. The first kappa shape index (κ1) is 24.1. The predicted octanol–water partition coefficient (Wildman–Crippen LogP) is 7.15. The second-order valence-electron chi connectivity index (χ2n) is 8.42. The van der Waals surface area contributed by atoms with Gasteiger partial charge in [0.25, 0.3) is 0 Å². The number of aliphatic imine (C=N–C) groups is 1. The van der Waals surface area contributed by atoms with Crippen LogP contribution in [0.25, 0.3) is 0 Å². The Hall–Kier alpha value is -2.60. The van der Waals surface area contributed by atoms with Crippen LogP contribution in [0.15, 0.2) is 65.3 Å². The normalized spacial score (nSPS) is 20.3. The highest BCUT2D eigenvalue weighted by molar-refractivity contribution is 6.00. The summed E-state index contributed by atoms with van der Waals surface area (Å²) in [6.45, 7) is 5.87. The predicted molar refractivity (Wildman–Crippen MR) is 124 cm³/mol. The van der Waals surface area contributed by atoms with Gasteiger partial charge in [-0.1, -0.05) is 61.4 Å². The van der Waals surface area contributed by atoms with E-state index in [2.05, 4.69) is 10.3 Å². The minimum Gasteiger partial charge on any atom is -0.371 e. The first-order valence-electron chi connectivity index (χ1n) is 11.1. The molecule has 0 aliphatic heterocycles. The van der Waals surface area contributed by atoms with E-state index in [0.29, 0.717) is 18.7 Å². The van der Waals surface area contributed by atoms with E-state index in [1.807, 2.05) is 62.4 Å². The highest BCUT2D eigenvalue weighted by Gasteiger charge is 2.36. The minimum absolute atomic E-state index is 0.318. The number of para-hydroxylation sites is 1. The largest absolute Gasteiger partial charge is 0.432 e. The molecule has 1 saturated carbocycles. The molecule has 0 radical (unpaired) electrons. The average molecular weight is 445 g/mol. The van der Waals surface area contributed by atoms with Crippen LogP contribution >= 0.6 is 0 Å². The van der Waals surface area contributed by atoms with Crippen LogP contribution in [0.4, 0.5) is 18.9 Å². The topological polar surface area (TPSA) is 33.6 Å². The van der Waals surface area contributed by atoms with Crippen molar-refractivity contribution < 1.29 is 17.9 Å². The summed E-state index contributed by atoms with van der Waals surface area (Å²) in [5, 5.41) is 3.13. The second kappa shape index (κ2) is 10.8. The number of alkyl halides is 3. The van der Waals surface area contributed by atoms with Gasteiger partial charge in [-0.25, -0.2) is 0 Å². The van der Waals surface area contributed by atoms with Crippen molar-refractivity contribution in [1.29, 1.82) is 0 Å². The van der Waals surface area contributed by atoms with Crippen molar-refractivity contribution in [3.8, 4) is 0 Å². The number of rotatable bonds is 7. The monoisotopic (exact) mass is 444 g/mol. The van der Waals surface area contributed by atoms with Gasteiger partial charge in [0, 0.05) is 11.4 Å². The van der Waals surface area contributed by atoms with Gasteiger partial charge in [-0.05, 0) is 56.4 Å². The third-order valence-electron chi connectivity index (χ3n) is 5.73. The summed E-state index contributed by atoms with van der Waals surface area (Å²) in [5.74, 6) is 0. The maximum atomic E-state index is 13.9. The van der Waals surface area contributed by atoms with Crippen molar-refractivity contribution in [3.63, 3.8) is 0 Å². The van der Waals surface area contributed by atoms with E-state index in [-0.39, 0.29) is 6.10 Å². The lowest BCUT2D eigenvalue weighted by Gasteiger charge is -2.29. The molecule has 0 saturated heterocycles. The summed E-state index contributed by atoms with van der Waals surface area (Å²) in [5.41, 5.74) is 3.31. The first-order chi connectivity index (χ1) is 15.2. The highest BCUT2D eigenvalue weighted by atomic mass is 19.4. The Bertz CT molecular complexity index is 931. The summed E-state index contributed by atoms with van der Waals surface area (Å²) in [4.78, 5) is 4.18. The Balaban J connectivity index is 1.80. The third-order valence-corrected chi connectivity index (χ3v) is 5.73. The molecular formula is C26H31F3N2O. The van der Waals surface area contributed by atoms with Crippen LogP contribution in [0.2, 0.25) is 0 Å². The molecule has 2 atom stereocenters. The Morgan fingerprint density at radius 1 is 1.03 bits per heavy atom. The molecule has 1 aliphatic carbocycles. The van der Waals surface area contributed by atoms with Crippen molar-refractivity contribution in [3.05, 3.63) is 77.0 Å². The fraction of sp³-hybridized carbons (Fsp3) is 0.423. The van der Waals surface area contributed by atoms with Gasteiger partial charge in [0.15, 0.2) is 0 Å². The van der Waals surface area contributed by atoms with E-state index in [0.717, 1.165) is 47.7 Å². The zero-order chi connectivity index (χ0) is 23.1. The fourth-order valence-corrected chi connectivity index (χ4v) is 4.02. The molecular weight excluding hydrogens is 413 g/mol. The Morgan fingerprint density at radius 3 is 2.34 bits per heavy atom. The Labute approximate surface area is 188 Å². The Morgan fingerprint density at radius 2 is 1.69 bits per heavy atom. The minimum atomic E-state index is -4.54. The quantitative estimate of drug-likeness (QED) is 0.460. The molecule has 0 bridgehead atoms. The van der Waals surface area contributed by atoms with E-state index in [1.165, 1.54) is 0 Å². The Kier molecular flexibility index (Phi) is 8.13. The molecule has 3 nitrogen and oxygen atoms in total. The molecule has 2 aromatic rings. The molecule has 1 fully saturated rings. The number of ether oxygens (including phenoxy) is 1. The number of allylic oxidation sites excluding steroid dienone is 2. The zero-order valence-corrected chi connectivity index (χ0v) is 18.9. The fourth-order valence-electron chi connectivity index (χ4n) is 4.02. The van der Waals surface area contributed by atoms with Gasteiger partial charge in [0.1, 0.15) is 5.71 Å². The summed E-state index contributed by atoms with van der Waals surface area (Å²) in [6.07, 6.45) is -0.642. The molecule has 0 amide bonds. The first-order valence-corrected chi connectivity index (χ1v) is 11.1. The molecule has 0 heterocycles. The highest BCUT2D eigenvalue weighted by Crippen LogP contribution is 2.28. The van der Waals surface area contributed by atoms with Crippen LogP contribution in [0.1, 0.15) is 49.3 Å². The number of aryl methyl sites for hydroxylation is 2. The number of anilines is 1. The standard InChI is InChI=1S/C26H31F3N2O/c1-18-10-9-11-19(2)25(18)30-20(3)16-24(26(27,28)29)31-22-14-7-8-15-23(22)32-17-21-12-5-4-6-13-21/h4-6,9-13,16,22-23,30H,7-8,14-15,17H2,1-3H3/b20-16-,31-24?/t22-,23-/m0/s1. The van der Waals surface area contributed by atoms with Gasteiger partial charge >= 0.3 is 6.18 Å². The van der Waals surface area contributed by atoms with Crippen LogP contribution in [0.5, 0.6) is 0 Å². The molecule has 1 N–H and O–H groups in total. The van der Waals surface area contributed by atoms with Crippen LogP contribution in [0.3, 0.4) is 0 Å². The molecule has 0 spiro atoms. The van der Waals surface area contributed by atoms with Crippen LogP contribution < -0.4 is 5.32 Å². The van der Waals surface area contributed by atoms with Crippen LogP contribution in [-0.2, 0) is 11.3 Å². The van der Waals surface area contributed by atoms with Gasteiger partial charge in [-0.15, -0.1) is 0 Å². The molecule has 0 aromatic heterocycles. The smallest absolute Gasteiger partial charge is 0.371 e. The lowest BCUT2D eigenvalue weighted by Crippen LogP contribution is -2.34. The molecule has 6 heteroatoms. The molecule has 172 valence electrons. The number of benzene rings is 2. The van der Waals surface area contributed by atoms with Gasteiger partial charge in [0.05, 0.1) is 18.8 Å². The molecule has 2 aromatic carbocycles. The van der Waals surface area contributed by atoms with E-state index in [9.17, 15) is 13.2 Å². The molecule has 1 aliphatic rings. The van der Waals surface area contributed by atoms with Gasteiger partial charge in [-0.3, -0.25) is 4.99 Å². The van der Waals surface area contributed by atoms with Gasteiger partial charge in [0.2, 0.25) is 0 Å². The van der Waals surface area contributed by atoms with Crippen molar-refractivity contribution >= 4 is 11.4 Å². The van der Waals surface area contributed by atoms with Crippen LogP contribution in [-0.4, -0.2) is 24.0 Å². The average Bonchev–Trinajstić information content (AvgIpc) is 2.75. The lowest BCUT2D eigenvalue weighted by atomic mass is 9.92. The zero-order valence-electron chi connectivity index (χ0n) is 18.9. The van der Waals surface area contributed by atoms with Crippen LogP contribution in [0, 0.1) is 13.8 Å². The van der Waals surface area contributed by atoms with Crippen molar-refractivity contribution in [2.45, 2.75) is 71.4 Å². The maximum absolute atomic E-state index is 13.9. The van der Waals surface area contributed by atoms with E-state index in [4.69, 9.17) is 4.74 Å². The number of nitrogens with zero attached hydrogens (tertiary/aromatic N) is 1. The molecule has 0 unspecified atom stereocenters. The second-order valence-corrected chi connectivity index (χ2v) is 8.42. The van der Waals surface area contributed by atoms with Gasteiger partial charge < -0.3 is 10.1 Å². The number of hydrogen-bond donors (Lipinski definition) is 1. The van der Waals surface area contributed by atoms with Gasteiger partial charge in [-0.2, -0.15) is 13.2 Å². The van der Waals surface area contributed by atoms with E-state index in [1.54, 1.807) is 6.92 Å². The van der Waals surface area contributed by atoms with E-state index < -0.39 is 17.9 Å². The van der Waals surface area contributed by atoms with Crippen molar-refractivity contribution in [2.75, 3.05) is 5.32 Å². The van der Waals surface area contributed by atoms with Crippen molar-refractivity contribution in [1.82, 2.24) is 0 Å². The molecule has 32 heavy (non-hydrogen) atoms. The summed E-state index contributed by atoms with van der Waals surface area (Å²) in [7, 11) is 0. The summed E-state index contributed by atoms with van der Waals surface area (Å²) < 4.78 is 47.6. The summed E-state index contributed by atoms with van der Waals surface area (Å²) >= 11 is 0. The lowest BCUT2D eigenvalue weighted by molar-refractivity contribution is -0.0590.